The lowest BCUT2D eigenvalue weighted by atomic mass is 10.2. The lowest BCUT2D eigenvalue weighted by molar-refractivity contribution is -0.120. The summed E-state index contributed by atoms with van der Waals surface area (Å²) in [5.41, 5.74) is 0.810. The van der Waals surface area contributed by atoms with E-state index in [1.165, 1.54) is 29.2 Å². The molecule has 0 aromatic heterocycles. The van der Waals surface area contributed by atoms with E-state index in [2.05, 4.69) is 0 Å². The minimum atomic E-state index is -0.411. The smallest absolute Gasteiger partial charge is 0.264 e. The molecule has 0 aliphatic heterocycles. The molecule has 0 fully saturated rings. The predicted octanol–water partition coefficient (Wildman–Crippen LogP) is 3.02. The Bertz CT molecular complexity index is 791. The molecule has 0 N–H and O–H groups in total. The van der Waals surface area contributed by atoms with Gasteiger partial charge in [-0.2, -0.15) is 10.5 Å². The fourth-order valence-electron chi connectivity index (χ4n) is 2.08. The number of ether oxygens (including phenoxy) is 1. The van der Waals surface area contributed by atoms with Crippen molar-refractivity contribution in [1.29, 1.82) is 10.5 Å². The molecule has 2 aromatic rings. The summed E-state index contributed by atoms with van der Waals surface area (Å²) in [6.07, 6.45) is 0.137. The highest BCUT2D eigenvalue weighted by Gasteiger charge is 2.17. The molecule has 2 aromatic carbocycles. The van der Waals surface area contributed by atoms with Gasteiger partial charge in [-0.05, 0) is 36.4 Å². The molecule has 0 saturated carbocycles. The summed E-state index contributed by atoms with van der Waals surface area (Å²) >= 11 is 0. The zero-order valence-corrected chi connectivity index (χ0v) is 12.8. The maximum absolute atomic E-state index is 13.0. The molecular formula is C18H14FN3O2. The van der Waals surface area contributed by atoms with Crippen LogP contribution >= 0.6 is 0 Å². The van der Waals surface area contributed by atoms with Crippen molar-refractivity contribution in [3.8, 4) is 17.9 Å². The molecular weight excluding hydrogens is 309 g/mol. The number of nitrogens with zero attached hydrogens (tertiary/aromatic N) is 3. The van der Waals surface area contributed by atoms with Crippen LogP contribution in [0.15, 0.2) is 48.5 Å². The Kier molecular flexibility index (Phi) is 5.88. The molecule has 0 unspecified atom stereocenters. The first-order valence-corrected chi connectivity index (χ1v) is 7.20. The number of hydrogen-bond acceptors (Lipinski definition) is 4. The third kappa shape index (κ3) is 4.31. The van der Waals surface area contributed by atoms with Crippen molar-refractivity contribution in [2.24, 2.45) is 0 Å². The molecule has 0 heterocycles. The van der Waals surface area contributed by atoms with E-state index < -0.39 is 5.82 Å². The molecule has 0 aliphatic carbocycles. The van der Waals surface area contributed by atoms with Gasteiger partial charge in [-0.15, -0.1) is 0 Å². The number of carbonyl (C=O) groups excluding carboxylic acids is 1. The summed E-state index contributed by atoms with van der Waals surface area (Å²) in [5.74, 6) is -0.483. The zero-order chi connectivity index (χ0) is 17.4. The molecule has 0 saturated heterocycles. The quantitative estimate of drug-likeness (QED) is 0.818. The first kappa shape index (κ1) is 17.0. The van der Waals surface area contributed by atoms with E-state index in [1.807, 2.05) is 12.1 Å². The molecule has 5 nitrogen and oxygen atoms in total. The van der Waals surface area contributed by atoms with Gasteiger partial charge in [0.25, 0.3) is 5.91 Å². The number of halogens is 1. The highest BCUT2D eigenvalue weighted by Crippen LogP contribution is 2.19. The lowest BCUT2D eigenvalue weighted by Gasteiger charge is -2.22. The van der Waals surface area contributed by atoms with Gasteiger partial charge in [0.1, 0.15) is 17.6 Å². The summed E-state index contributed by atoms with van der Waals surface area (Å²) in [4.78, 5) is 13.8. The Hall–Kier alpha value is -3.38. The van der Waals surface area contributed by atoms with Gasteiger partial charge in [0.2, 0.25) is 0 Å². The van der Waals surface area contributed by atoms with Crippen molar-refractivity contribution >= 4 is 11.6 Å². The van der Waals surface area contributed by atoms with Gasteiger partial charge in [0, 0.05) is 12.2 Å². The second kappa shape index (κ2) is 8.30. The predicted molar refractivity (Wildman–Crippen MR) is 85.6 cm³/mol. The van der Waals surface area contributed by atoms with Crippen molar-refractivity contribution in [2.45, 2.75) is 6.42 Å². The molecule has 0 radical (unpaired) electrons. The van der Waals surface area contributed by atoms with Crippen LogP contribution < -0.4 is 9.64 Å². The fraction of sp³-hybridized carbons (Fsp3) is 0.167. The average molecular weight is 323 g/mol. The van der Waals surface area contributed by atoms with Crippen LogP contribution in [0.2, 0.25) is 0 Å². The second-order valence-electron chi connectivity index (χ2n) is 4.83. The number of hydrogen-bond donors (Lipinski definition) is 0. The summed E-state index contributed by atoms with van der Waals surface area (Å²) in [7, 11) is 0. The topological polar surface area (TPSA) is 77.1 Å². The van der Waals surface area contributed by atoms with Crippen LogP contribution in [0.1, 0.15) is 12.0 Å². The fourth-order valence-corrected chi connectivity index (χ4v) is 2.08. The van der Waals surface area contributed by atoms with Crippen molar-refractivity contribution in [3.05, 3.63) is 59.9 Å². The SMILES string of the molecule is N#CCCN(C(=O)COc1ccccc1C#N)c1ccc(F)cc1. The van der Waals surface area contributed by atoms with Crippen molar-refractivity contribution in [3.63, 3.8) is 0 Å². The van der Waals surface area contributed by atoms with Crippen molar-refractivity contribution in [2.75, 3.05) is 18.1 Å². The Morgan fingerprint density at radius 1 is 1.12 bits per heavy atom. The molecule has 0 aliphatic rings. The highest BCUT2D eigenvalue weighted by molar-refractivity contribution is 5.94. The van der Waals surface area contributed by atoms with Crippen LogP contribution in [0.25, 0.3) is 0 Å². The number of amides is 1. The maximum Gasteiger partial charge on any atom is 0.264 e. The van der Waals surface area contributed by atoms with Gasteiger partial charge in [0.15, 0.2) is 6.61 Å². The molecule has 0 atom stereocenters. The van der Waals surface area contributed by atoms with Crippen LogP contribution in [0, 0.1) is 28.5 Å². The number of anilines is 1. The van der Waals surface area contributed by atoms with E-state index in [4.69, 9.17) is 15.3 Å². The number of carbonyl (C=O) groups is 1. The lowest BCUT2D eigenvalue weighted by Crippen LogP contribution is -2.35. The molecule has 6 heteroatoms. The third-order valence-electron chi connectivity index (χ3n) is 3.25. The summed E-state index contributed by atoms with van der Waals surface area (Å²) in [5, 5.41) is 17.8. The second-order valence-corrected chi connectivity index (χ2v) is 4.83. The largest absolute Gasteiger partial charge is 0.482 e. The van der Waals surface area contributed by atoms with E-state index in [0.717, 1.165) is 0 Å². The van der Waals surface area contributed by atoms with Gasteiger partial charge < -0.3 is 9.64 Å². The zero-order valence-electron chi connectivity index (χ0n) is 12.8. The van der Waals surface area contributed by atoms with Crippen LogP contribution in [0.5, 0.6) is 5.75 Å². The average Bonchev–Trinajstić information content (AvgIpc) is 2.62. The van der Waals surface area contributed by atoms with E-state index in [-0.39, 0.29) is 25.5 Å². The molecule has 1 amide bonds. The number of benzene rings is 2. The third-order valence-corrected chi connectivity index (χ3v) is 3.25. The first-order chi connectivity index (χ1) is 11.7. The molecule has 0 bridgehead atoms. The van der Waals surface area contributed by atoms with Crippen LogP contribution in [0.4, 0.5) is 10.1 Å². The maximum atomic E-state index is 13.0. The first-order valence-electron chi connectivity index (χ1n) is 7.20. The Labute approximate surface area is 139 Å². The van der Waals surface area contributed by atoms with E-state index in [0.29, 0.717) is 17.0 Å². The van der Waals surface area contributed by atoms with Gasteiger partial charge in [0.05, 0.1) is 18.1 Å². The molecule has 120 valence electrons. The van der Waals surface area contributed by atoms with Crippen LogP contribution in [-0.4, -0.2) is 19.1 Å². The normalized spacial score (nSPS) is 9.62. The summed E-state index contributed by atoms with van der Waals surface area (Å²) < 4.78 is 18.5. The van der Waals surface area contributed by atoms with E-state index >= 15 is 0 Å². The minimum Gasteiger partial charge on any atom is -0.482 e. The van der Waals surface area contributed by atoms with Gasteiger partial charge in [-0.3, -0.25) is 4.79 Å². The van der Waals surface area contributed by atoms with Crippen LogP contribution in [-0.2, 0) is 4.79 Å². The van der Waals surface area contributed by atoms with Gasteiger partial charge in [-0.1, -0.05) is 12.1 Å². The van der Waals surface area contributed by atoms with E-state index in [9.17, 15) is 9.18 Å². The monoisotopic (exact) mass is 323 g/mol. The Morgan fingerprint density at radius 3 is 2.50 bits per heavy atom. The highest BCUT2D eigenvalue weighted by atomic mass is 19.1. The summed E-state index contributed by atoms with van der Waals surface area (Å²) in [6, 6.07) is 16.0. The molecule has 2 rings (SSSR count). The molecule has 0 spiro atoms. The van der Waals surface area contributed by atoms with E-state index in [1.54, 1.807) is 24.3 Å². The number of para-hydroxylation sites is 1. The standard InChI is InChI=1S/C18H14FN3O2/c19-15-6-8-16(9-7-15)22(11-3-10-20)18(23)13-24-17-5-2-1-4-14(17)12-21/h1-2,4-9H,3,11,13H2. The minimum absolute atomic E-state index is 0.137. The van der Waals surface area contributed by atoms with Gasteiger partial charge >= 0.3 is 0 Å². The van der Waals surface area contributed by atoms with Gasteiger partial charge in [-0.25, -0.2) is 4.39 Å². The van der Waals surface area contributed by atoms with Crippen molar-refractivity contribution < 1.29 is 13.9 Å². The Balaban J connectivity index is 2.12. The number of nitriles is 2. The van der Waals surface area contributed by atoms with Crippen LogP contribution in [0.3, 0.4) is 0 Å². The number of rotatable bonds is 6. The Morgan fingerprint density at radius 2 is 1.83 bits per heavy atom. The molecule has 24 heavy (non-hydrogen) atoms. The van der Waals surface area contributed by atoms with Crippen molar-refractivity contribution in [1.82, 2.24) is 0 Å². The summed E-state index contributed by atoms with van der Waals surface area (Å²) in [6.45, 7) is -0.119.